The summed E-state index contributed by atoms with van der Waals surface area (Å²) in [6, 6.07) is 16.3. The van der Waals surface area contributed by atoms with Crippen molar-refractivity contribution < 1.29 is 18.3 Å². The van der Waals surface area contributed by atoms with Crippen molar-refractivity contribution in [3.8, 4) is 11.1 Å². The molecular weight excluding hydrogens is 536 g/mol. The standard InChI is InChI=1S/C23H21BrN6O4S/c24-19-7-2-1-6-17(19)18-11-15-12-27-23(28-16-5-3-4-14(10-16)13-31)30-21(15)29-20(18)22(32)26-8-9-35(25,33)34/h1-7,10-12,31H,8-9,13H2,(H,26,32)(H2,25,33,34)(H,27,28,29,30). The van der Waals surface area contributed by atoms with Crippen LogP contribution in [0.5, 0.6) is 0 Å². The number of aliphatic hydroxyl groups excluding tert-OH is 1. The number of amides is 1. The molecule has 0 saturated heterocycles. The SMILES string of the molecule is NS(=O)(=O)CCNC(=O)c1nc2nc(Nc3cccc(CO)c3)ncc2cc1-c1ccccc1Br. The molecule has 0 atom stereocenters. The minimum atomic E-state index is -3.73. The van der Waals surface area contributed by atoms with Crippen molar-refractivity contribution in [2.75, 3.05) is 17.6 Å². The number of nitrogens with two attached hydrogens (primary N) is 1. The molecule has 0 fully saturated rings. The molecule has 1 amide bonds. The van der Waals surface area contributed by atoms with Gasteiger partial charge in [0.05, 0.1) is 12.4 Å². The Hall–Kier alpha value is -3.45. The van der Waals surface area contributed by atoms with Crippen molar-refractivity contribution in [3.05, 3.63) is 76.5 Å². The van der Waals surface area contributed by atoms with Crippen LogP contribution in [0.2, 0.25) is 0 Å². The number of aromatic nitrogens is 3. The number of benzene rings is 2. The van der Waals surface area contributed by atoms with Crippen LogP contribution in [0.3, 0.4) is 0 Å². The number of primary sulfonamides is 1. The van der Waals surface area contributed by atoms with E-state index in [4.69, 9.17) is 5.14 Å². The smallest absolute Gasteiger partial charge is 0.270 e. The Kier molecular flexibility index (Phi) is 7.36. The molecule has 0 radical (unpaired) electrons. The summed E-state index contributed by atoms with van der Waals surface area (Å²) in [6.07, 6.45) is 1.59. The molecule has 0 aliphatic carbocycles. The van der Waals surface area contributed by atoms with Crippen LogP contribution < -0.4 is 15.8 Å². The number of hydrogen-bond donors (Lipinski definition) is 4. The van der Waals surface area contributed by atoms with Crippen LogP contribution in [-0.4, -0.2) is 46.7 Å². The fourth-order valence-corrected chi connectivity index (χ4v) is 4.23. The predicted molar refractivity (Wildman–Crippen MR) is 136 cm³/mol. The molecule has 10 nitrogen and oxygen atoms in total. The van der Waals surface area contributed by atoms with Gasteiger partial charge in [0.25, 0.3) is 5.91 Å². The third-order valence-corrected chi connectivity index (χ3v) is 6.45. The minimum Gasteiger partial charge on any atom is -0.392 e. The summed E-state index contributed by atoms with van der Waals surface area (Å²) in [7, 11) is -3.73. The Labute approximate surface area is 209 Å². The van der Waals surface area contributed by atoms with Gasteiger partial charge >= 0.3 is 0 Å². The maximum atomic E-state index is 13.0. The van der Waals surface area contributed by atoms with Crippen molar-refractivity contribution in [2.45, 2.75) is 6.61 Å². The van der Waals surface area contributed by atoms with Gasteiger partial charge in [0.2, 0.25) is 16.0 Å². The molecule has 2 heterocycles. The third kappa shape index (κ3) is 6.17. The van der Waals surface area contributed by atoms with E-state index in [0.29, 0.717) is 16.6 Å². The fourth-order valence-electron chi connectivity index (χ4n) is 3.35. The summed E-state index contributed by atoms with van der Waals surface area (Å²) < 4.78 is 23.3. The zero-order chi connectivity index (χ0) is 25.0. The van der Waals surface area contributed by atoms with Gasteiger partial charge < -0.3 is 15.7 Å². The molecule has 2 aromatic carbocycles. The average molecular weight is 557 g/mol. The monoisotopic (exact) mass is 556 g/mol. The highest BCUT2D eigenvalue weighted by Gasteiger charge is 2.19. The second kappa shape index (κ2) is 10.4. The van der Waals surface area contributed by atoms with Crippen LogP contribution in [0.15, 0.2) is 65.3 Å². The van der Waals surface area contributed by atoms with E-state index in [-0.39, 0.29) is 30.4 Å². The maximum Gasteiger partial charge on any atom is 0.270 e. The average Bonchev–Trinajstić information content (AvgIpc) is 2.83. The number of hydrogen-bond acceptors (Lipinski definition) is 8. The molecule has 0 spiro atoms. The van der Waals surface area contributed by atoms with E-state index in [0.717, 1.165) is 15.6 Å². The lowest BCUT2D eigenvalue weighted by molar-refractivity contribution is 0.0952. The van der Waals surface area contributed by atoms with Gasteiger partial charge in [-0.05, 0) is 35.4 Å². The maximum absolute atomic E-state index is 13.0. The van der Waals surface area contributed by atoms with Gasteiger partial charge in [-0.15, -0.1) is 0 Å². The molecule has 4 rings (SSSR count). The topological polar surface area (TPSA) is 160 Å². The van der Waals surface area contributed by atoms with Crippen LogP contribution >= 0.6 is 15.9 Å². The van der Waals surface area contributed by atoms with E-state index in [1.54, 1.807) is 36.5 Å². The number of nitrogens with one attached hydrogen (secondary N) is 2. The number of rotatable bonds is 8. The molecular formula is C23H21BrN6O4S. The van der Waals surface area contributed by atoms with E-state index in [1.165, 1.54) is 0 Å². The zero-order valence-corrected chi connectivity index (χ0v) is 20.7. The van der Waals surface area contributed by atoms with Gasteiger partial charge in [0, 0.05) is 33.9 Å². The Morgan fingerprint density at radius 2 is 1.86 bits per heavy atom. The number of carbonyl (C=O) groups is 1. The quantitative estimate of drug-likeness (QED) is 0.257. The lowest BCUT2D eigenvalue weighted by atomic mass is 10.0. The summed E-state index contributed by atoms with van der Waals surface area (Å²) >= 11 is 3.51. The Morgan fingerprint density at radius 1 is 1.06 bits per heavy atom. The van der Waals surface area contributed by atoms with Crippen molar-refractivity contribution in [1.29, 1.82) is 0 Å². The lowest BCUT2D eigenvalue weighted by Gasteiger charge is -2.13. The fraction of sp³-hybridized carbons (Fsp3) is 0.130. The van der Waals surface area contributed by atoms with Crippen LogP contribution in [0.25, 0.3) is 22.2 Å². The van der Waals surface area contributed by atoms with Gasteiger partial charge in [-0.3, -0.25) is 4.79 Å². The first-order valence-corrected chi connectivity index (χ1v) is 12.9. The first-order valence-electron chi connectivity index (χ1n) is 10.4. The van der Waals surface area contributed by atoms with Gasteiger partial charge in [-0.1, -0.05) is 46.3 Å². The molecule has 180 valence electrons. The molecule has 0 bridgehead atoms. The summed E-state index contributed by atoms with van der Waals surface area (Å²) in [4.78, 5) is 26.3. The lowest BCUT2D eigenvalue weighted by Crippen LogP contribution is -2.32. The van der Waals surface area contributed by atoms with E-state index in [9.17, 15) is 18.3 Å². The highest BCUT2D eigenvalue weighted by Crippen LogP contribution is 2.32. The van der Waals surface area contributed by atoms with Gasteiger partial charge in [-0.2, -0.15) is 4.98 Å². The van der Waals surface area contributed by atoms with Crippen molar-refractivity contribution in [3.63, 3.8) is 0 Å². The molecule has 35 heavy (non-hydrogen) atoms. The molecule has 4 aromatic rings. The van der Waals surface area contributed by atoms with Crippen LogP contribution in [0.4, 0.5) is 11.6 Å². The molecule has 0 aliphatic heterocycles. The normalized spacial score (nSPS) is 11.4. The Bertz CT molecular complexity index is 1510. The van der Waals surface area contributed by atoms with Crippen molar-refractivity contribution in [1.82, 2.24) is 20.3 Å². The summed E-state index contributed by atoms with van der Waals surface area (Å²) in [5.41, 5.74) is 3.01. The van der Waals surface area contributed by atoms with E-state index < -0.39 is 21.7 Å². The number of pyridine rings is 1. The molecule has 0 unspecified atom stereocenters. The molecule has 2 aromatic heterocycles. The van der Waals surface area contributed by atoms with E-state index in [2.05, 4.69) is 41.5 Å². The first kappa shape index (κ1) is 24.7. The van der Waals surface area contributed by atoms with Gasteiger partial charge in [0.1, 0.15) is 5.69 Å². The number of aliphatic hydroxyl groups is 1. The van der Waals surface area contributed by atoms with E-state index >= 15 is 0 Å². The van der Waals surface area contributed by atoms with Crippen molar-refractivity contribution >= 4 is 54.5 Å². The van der Waals surface area contributed by atoms with Crippen LogP contribution in [0.1, 0.15) is 16.1 Å². The minimum absolute atomic E-state index is 0.0748. The van der Waals surface area contributed by atoms with Gasteiger partial charge in [0.15, 0.2) is 5.65 Å². The first-order chi connectivity index (χ1) is 16.7. The zero-order valence-electron chi connectivity index (χ0n) is 18.3. The second-order valence-electron chi connectivity index (χ2n) is 7.58. The molecule has 5 N–H and O–H groups in total. The highest BCUT2D eigenvalue weighted by atomic mass is 79.9. The number of sulfonamides is 1. The number of halogens is 1. The number of nitrogens with zero attached hydrogens (tertiary/aromatic N) is 3. The Balaban J connectivity index is 1.74. The van der Waals surface area contributed by atoms with Gasteiger partial charge in [-0.25, -0.2) is 23.5 Å². The predicted octanol–water partition coefficient (Wildman–Crippen LogP) is 2.71. The number of carbonyl (C=O) groups excluding carboxylic acids is 1. The largest absolute Gasteiger partial charge is 0.392 e. The molecule has 0 aliphatic rings. The Morgan fingerprint density at radius 3 is 2.60 bits per heavy atom. The molecule has 12 heteroatoms. The number of fused-ring (bicyclic) bond motifs is 1. The van der Waals surface area contributed by atoms with E-state index in [1.807, 2.05) is 24.3 Å². The number of anilines is 2. The van der Waals surface area contributed by atoms with Crippen LogP contribution in [-0.2, 0) is 16.6 Å². The third-order valence-electron chi connectivity index (χ3n) is 4.99. The summed E-state index contributed by atoms with van der Waals surface area (Å²) in [6.45, 7) is -0.262. The second-order valence-corrected chi connectivity index (χ2v) is 10.2. The summed E-state index contributed by atoms with van der Waals surface area (Å²) in [5.74, 6) is -0.709. The van der Waals surface area contributed by atoms with Crippen molar-refractivity contribution in [2.24, 2.45) is 5.14 Å². The molecule has 0 saturated carbocycles. The summed E-state index contributed by atoms with van der Waals surface area (Å²) in [5, 5.41) is 20.6. The highest BCUT2D eigenvalue weighted by molar-refractivity contribution is 9.10. The van der Waals surface area contributed by atoms with Crippen LogP contribution in [0, 0.1) is 0 Å².